The van der Waals surface area contributed by atoms with Crippen LogP contribution < -0.4 is 0 Å². The van der Waals surface area contributed by atoms with E-state index in [1.54, 1.807) is 12.1 Å². The van der Waals surface area contributed by atoms with Crippen LogP contribution in [-0.4, -0.2) is 11.4 Å². The second-order valence-electron chi connectivity index (χ2n) is 2.81. The van der Waals surface area contributed by atoms with Gasteiger partial charge in [0.1, 0.15) is 0 Å². The van der Waals surface area contributed by atoms with Crippen LogP contribution >= 0.6 is 23.4 Å². The zero-order chi connectivity index (χ0) is 12.0. The first-order chi connectivity index (χ1) is 7.51. The van der Waals surface area contributed by atoms with E-state index in [-0.39, 0.29) is 16.7 Å². The van der Waals surface area contributed by atoms with Crippen LogP contribution in [0.2, 0.25) is 0 Å². The smallest absolute Gasteiger partial charge is 0.160 e. The Morgan fingerprint density at radius 3 is 2.31 bits per heavy atom. The fourth-order valence-corrected chi connectivity index (χ4v) is 1.59. The van der Waals surface area contributed by atoms with Crippen LogP contribution in [0.15, 0.2) is 29.2 Å². The number of benzene rings is 1. The molecular weight excluding hydrogens is 257 g/mol. The molecule has 0 atom stereocenters. The highest BCUT2D eigenvalue weighted by atomic mass is 35.5. The Hall–Kier alpha value is -0.790. The Bertz CT molecular complexity index is 386. The molecule has 0 aliphatic heterocycles. The van der Waals surface area contributed by atoms with Gasteiger partial charge in [-0.2, -0.15) is 13.2 Å². The summed E-state index contributed by atoms with van der Waals surface area (Å²) in [5.41, 5.74) is -3.55. The molecule has 1 aromatic carbocycles. The average molecular weight is 265 g/mol. The van der Waals surface area contributed by atoms with Gasteiger partial charge < -0.3 is 0 Å². The van der Waals surface area contributed by atoms with E-state index in [0.29, 0.717) is 17.9 Å². The van der Waals surface area contributed by atoms with E-state index in [4.69, 9.17) is 11.6 Å². The highest BCUT2D eigenvalue weighted by Crippen LogP contribution is 2.36. The van der Waals surface area contributed by atoms with Crippen LogP contribution in [0.5, 0.6) is 0 Å². The molecule has 5 heteroatoms. The molecule has 0 aromatic heterocycles. The van der Waals surface area contributed by atoms with Gasteiger partial charge in [0, 0.05) is 22.8 Å². The Morgan fingerprint density at radius 1 is 1.19 bits per heavy atom. The van der Waals surface area contributed by atoms with Crippen LogP contribution in [0.25, 0.3) is 0 Å². The van der Waals surface area contributed by atoms with E-state index in [1.165, 1.54) is 12.1 Å². The number of hydrogen-bond acceptors (Lipinski definition) is 1. The lowest BCUT2D eigenvalue weighted by atomic mass is 10.2. The maximum atomic E-state index is 12.0. The van der Waals surface area contributed by atoms with Gasteiger partial charge in [-0.3, -0.25) is 0 Å². The molecule has 0 saturated heterocycles. The molecule has 86 valence electrons. The molecule has 0 N–H and O–H groups in total. The zero-order valence-electron chi connectivity index (χ0n) is 8.14. The predicted molar refractivity (Wildman–Crippen MR) is 60.6 cm³/mol. The molecule has 0 aliphatic rings. The average Bonchev–Trinajstić information content (AvgIpc) is 2.19. The van der Waals surface area contributed by atoms with Gasteiger partial charge in [0.2, 0.25) is 0 Å². The topological polar surface area (TPSA) is 0 Å². The fourth-order valence-electron chi connectivity index (χ4n) is 0.952. The van der Waals surface area contributed by atoms with E-state index in [2.05, 4.69) is 11.8 Å². The van der Waals surface area contributed by atoms with Gasteiger partial charge in [-0.1, -0.05) is 11.8 Å². The van der Waals surface area contributed by atoms with Crippen molar-refractivity contribution in [3.8, 4) is 11.8 Å². The molecule has 0 amide bonds. The standard InChI is InChI=1S/C11H8ClF3S/c12-8-2-1-3-9-4-6-10(7-5-9)16-11(13,14)15/h4-7H,2,8H2. The number of thioether (sulfide) groups is 1. The summed E-state index contributed by atoms with van der Waals surface area (Å²) in [7, 11) is 0. The van der Waals surface area contributed by atoms with E-state index in [9.17, 15) is 13.2 Å². The molecule has 0 unspecified atom stereocenters. The van der Waals surface area contributed by atoms with Gasteiger partial charge in [0.15, 0.2) is 0 Å². The van der Waals surface area contributed by atoms with Crippen molar-refractivity contribution in [3.63, 3.8) is 0 Å². The van der Waals surface area contributed by atoms with Gasteiger partial charge >= 0.3 is 5.51 Å². The highest BCUT2D eigenvalue weighted by molar-refractivity contribution is 8.00. The summed E-state index contributed by atoms with van der Waals surface area (Å²) >= 11 is 5.30. The Kier molecular flexibility index (Phi) is 5.04. The minimum absolute atomic E-state index is 0.132. The van der Waals surface area contributed by atoms with E-state index >= 15 is 0 Å². The van der Waals surface area contributed by atoms with Crippen molar-refractivity contribution >= 4 is 23.4 Å². The summed E-state index contributed by atoms with van der Waals surface area (Å²) in [6.45, 7) is 0. The lowest BCUT2D eigenvalue weighted by Crippen LogP contribution is -1.98. The van der Waals surface area contributed by atoms with E-state index in [1.807, 2.05) is 0 Å². The molecule has 0 nitrogen and oxygen atoms in total. The highest BCUT2D eigenvalue weighted by Gasteiger charge is 2.28. The van der Waals surface area contributed by atoms with Crippen molar-refractivity contribution < 1.29 is 13.2 Å². The third kappa shape index (κ3) is 5.34. The van der Waals surface area contributed by atoms with Gasteiger partial charge in [-0.25, -0.2) is 0 Å². The number of rotatable bonds is 2. The third-order valence-electron chi connectivity index (χ3n) is 1.54. The summed E-state index contributed by atoms with van der Waals surface area (Å²) in [5, 5.41) is 0. The van der Waals surface area contributed by atoms with E-state index in [0.717, 1.165) is 0 Å². The van der Waals surface area contributed by atoms with Gasteiger partial charge in [0.25, 0.3) is 0 Å². The van der Waals surface area contributed by atoms with Gasteiger partial charge in [0.05, 0.1) is 0 Å². The normalized spacial score (nSPS) is 10.8. The Morgan fingerprint density at radius 2 is 1.81 bits per heavy atom. The number of halogens is 4. The molecular formula is C11H8ClF3S. The molecule has 0 spiro atoms. The van der Waals surface area contributed by atoms with Crippen molar-refractivity contribution in [2.45, 2.75) is 16.8 Å². The summed E-state index contributed by atoms with van der Waals surface area (Å²) in [5.74, 6) is 6.07. The summed E-state index contributed by atoms with van der Waals surface area (Å²) in [4.78, 5) is 0.162. The maximum Gasteiger partial charge on any atom is 0.446 e. The van der Waals surface area contributed by atoms with Crippen LogP contribution in [0.3, 0.4) is 0 Å². The SMILES string of the molecule is FC(F)(F)Sc1ccc(C#CCCCl)cc1. The molecule has 1 rings (SSSR count). The quantitative estimate of drug-likeness (QED) is 0.436. The van der Waals surface area contributed by atoms with Crippen LogP contribution in [-0.2, 0) is 0 Å². The van der Waals surface area contributed by atoms with Crippen LogP contribution in [0.1, 0.15) is 12.0 Å². The lowest BCUT2D eigenvalue weighted by molar-refractivity contribution is -0.0328. The first-order valence-corrected chi connectivity index (χ1v) is 5.77. The first kappa shape index (κ1) is 13.3. The molecule has 0 radical (unpaired) electrons. The van der Waals surface area contributed by atoms with Crippen molar-refractivity contribution in [2.24, 2.45) is 0 Å². The van der Waals surface area contributed by atoms with Gasteiger partial charge in [-0.05, 0) is 36.0 Å². The second kappa shape index (κ2) is 6.07. The summed E-state index contributed by atoms with van der Waals surface area (Å²) < 4.78 is 36.0. The molecule has 0 aliphatic carbocycles. The van der Waals surface area contributed by atoms with Gasteiger partial charge in [-0.15, -0.1) is 11.6 Å². The van der Waals surface area contributed by atoms with Crippen LogP contribution in [0, 0.1) is 11.8 Å². The van der Waals surface area contributed by atoms with Crippen molar-refractivity contribution in [1.82, 2.24) is 0 Å². The van der Waals surface area contributed by atoms with Crippen molar-refractivity contribution in [2.75, 3.05) is 5.88 Å². The summed E-state index contributed by atoms with van der Waals surface area (Å²) in [6.07, 6.45) is 0.570. The Balaban J connectivity index is 2.66. The Labute approximate surface area is 101 Å². The van der Waals surface area contributed by atoms with Crippen molar-refractivity contribution in [3.05, 3.63) is 29.8 Å². The second-order valence-corrected chi connectivity index (χ2v) is 4.33. The molecule has 0 saturated carbocycles. The minimum Gasteiger partial charge on any atom is -0.160 e. The van der Waals surface area contributed by atoms with E-state index < -0.39 is 5.51 Å². The largest absolute Gasteiger partial charge is 0.446 e. The third-order valence-corrected chi connectivity index (χ3v) is 2.47. The molecule has 0 fully saturated rings. The fraction of sp³-hybridized carbons (Fsp3) is 0.273. The maximum absolute atomic E-state index is 12.0. The van der Waals surface area contributed by atoms with Crippen molar-refractivity contribution in [1.29, 1.82) is 0 Å². The molecule has 1 aromatic rings. The van der Waals surface area contributed by atoms with Crippen LogP contribution in [0.4, 0.5) is 13.2 Å². The summed E-state index contributed by atoms with van der Waals surface area (Å²) in [6, 6.07) is 5.94. The monoisotopic (exact) mass is 264 g/mol. The lowest BCUT2D eigenvalue weighted by Gasteiger charge is -2.04. The number of alkyl halides is 4. The predicted octanol–water partition coefficient (Wildman–Crippen LogP) is 4.28. The zero-order valence-corrected chi connectivity index (χ0v) is 9.72. The minimum atomic E-state index is -4.24. The first-order valence-electron chi connectivity index (χ1n) is 4.42. The molecule has 0 bridgehead atoms. The number of hydrogen-bond donors (Lipinski definition) is 0. The molecule has 0 heterocycles. The molecule has 16 heavy (non-hydrogen) atoms.